The van der Waals surface area contributed by atoms with E-state index in [1.807, 2.05) is 0 Å². The van der Waals surface area contributed by atoms with Crippen molar-refractivity contribution >= 4 is 28.8 Å². The number of piperazine rings is 1. The van der Waals surface area contributed by atoms with Gasteiger partial charge in [-0.15, -0.1) is 0 Å². The smallest absolute Gasteiger partial charge is 0.223 e. The molecule has 4 heteroatoms. The van der Waals surface area contributed by atoms with Crippen LogP contribution < -0.4 is 0 Å². The molecule has 0 aliphatic carbocycles. The number of hydrogen-bond acceptors (Lipinski definition) is 2. The summed E-state index contributed by atoms with van der Waals surface area (Å²) in [6.07, 6.45) is 4.12. The fourth-order valence-corrected chi connectivity index (χ4v) is 3.51. The first kappa shape index (κ1) is 10.7. The monoisotopic (exact) mass is 308 g/mol. The molecule has 2 atom stereocenters. The Morgan fingerprint density at radius 2 is 1.93 bits per heavy atom. The Bertz CT molecular complexity index is 220. The molecule has 14 heavy (non-hydrogen) atoms. The largest absolute Gasteiger partial charge is 0.334 e. The van der Waals surface area contributed by atoms with Crippen LogP contribution in [0.1, 0.15) is 32.6 Å². The maximum absolute atomic E-state index is 11.9. The van der Waals surface area contributed by atoms with E-state index in [0.717, 1.165) is 25.9 Å². The summed E-state index contributed by atoms with van der Waals surface area (Å²) >= 11 is 2.38. The molecule has 2 saturated heterocycles. The first-order valence-corrected chi connectivity index (χ1v) is 6.40. The molecule has 2 bridgehead atoms. The van der Waals surface area contributed by atoms with E-state index in [0.29, 0.717) is 18.0 Å². The lowest BCUT2D eigenvalue weighted by Crippen LogP contribution is -2.53. The minimum Gasteiger partial charge on any atom is -0.334 e. The number of fused-ring (bicyclic) bond motifs is 2. The van der Waals surface area contributed by atoms with E-state index < -0.39 is 0 Å². The third kappa shape index (κ3) is 1.91. The Kier molecular flexibility index (Phi) is 3.31. The van der Waals surface area contributed by atoms with Gasteiger partial charge in [-0.2, -0.15) is 0 Å². The van der Waals surface area contributed by atoms with Crippen molar-refractivity contribution in [1.29, 1.82) is 0 Å². The van der Waals surface area contributed by atoms with Crippen LogP contribution in [0, 0.1) is 0 Å². The molecule has 2 fully saturated rings. The van der Waals surface area contributed by atoms with Crippen LogP contribution in [0.15, 0.2) is 0 Å². The van der Waals surface area contributed by atoms with Gasteiger partial charge in [0.2, 0.25) is 5.91 Å². The molecule has 2 aliphatic rings. The highest BCUT2D eigenvalue weighted by molar-refractivity contribution is 14.1. The summed E-state index contributed by atoms with van der Waals surface area (Å²) in [6.45, 7) is 4.20. The topological polar surface area (TPSA) is 23.6 Å². The summed E-state index contributed by atoms with van der Waals surface area (Å²) in [4.78, 5) is 14.0. The third-order valence-corrected chi connectivity index (χ3v) is 3.98. The fourth-order valence-electron chi connectivity index (χ4n) is 2.60. The molecule has 0 saturated carbocycles. The number of halogens is 1. The zero-order chi connectivity index (χ0) is 10.1. The number of hydrogen-bond donors (Lipinski definition) is 0. The molecule has 2 unspecified atom stereocenters. The van der Waals surface area contributed by atoms with Crippen molar-refractivity contribution in [2.24, 2.45) is 0 Å². The van der Waals surface area contributed by atoms with Gasteiger partial charge in [-0.1, -0.05) is 6.92 Å². The van der Waals surface area contributed by atoms with E-state index in [-0.39, 0.29) is 0 Å². The van der Waals surface area contributed by atoms with Gasteiger partial charge in [0, 0.05) is 54.5 Å². The van der Waals surface area contributed by atoms with Gasteiger partial charge in [0.15, 0.2) is 0 Å². The third-order valence-electron chi connectivity index (χ3n) is 3.19. The van der Waals surface area contributed by atoms with Crippen LogP contribution in [0.4, 0.5) is 0 Å². The van der Waals surface area contributed by atoms with E-state index in [9.17, 15) is 4.79 Å². The van der Waals surface area contributed by atoms with Crippen molar-refractivity contribution in [3.63, 3.8) is 0 Å². The lowest BCUT2D eigenvalue weighted by Gasteiger charge is -2.38. The summed E-state index contributed by atoms with van der Waals surface area (Å²) in [5, 5.41) is 0. The summed E-state index contributed by atoms with van der Waals surface area (Å²) in [6, 6.07) is 1.01. The van der Waals surface area contributed by atoms with Crippen LogP contribution in [0.25, 0.3) is 0 Å². The first-order valence-electron chi connectivity index (χ1n) is 5.44. The zero-order valence-electron chi connectivity index (χ0n) is 8.58. The minimum absolute atomic E-state index is 0.379. The van der Waals surface area contributed by atoms with Crippen LogP contribution >= 0.6 is 22.9 Å². The zero-order valence-corrected chi connectivity index (χ0v) is 10.7. The Balaban J connectivity index is 2.03. The Hall–Kier alpha value is 0.160. The number of nitrogens with zero attached hydrogens (tertiary/aromatic N) is 2. The molecule has 0 aromatic heterocycles. The summed E-state index contributed by atoms with van der Waals surface area (Å²) < 4.78 is 2.33. The number of carbonyl (C=O) groups is 1. The lowest BCUT2D eigenvalue weighted by atomic mass is 10.2. The second-order valence-corrected chi connectivity index (χ2v) is 5.63. The van der Waals surface area contributed by atoms with Gasteiger partial charge in [-0.3, -0.25) is 4.79 Å². The molecule has 3 nitrogen and oxygen atoms in total. The molecule has 0 spiro atoms. The van der Waals surface area contributed by atoms with Gasteiger partial charge in [-0.25, -0.2) is 3.11 Å². The molecule has 0 aromatic carbocycles. The highest BCUT2D eigenvalue weighted by atomic mass is 127. The van der Waals surface area contributed by atoms with E-state index in [4.69, 9.17) is 0 Å². The van der Waals surface area contributed by atoms with Crippen molar-refractivity contribution in [3.05, 3.63) is 0 Å². The molecule has 80 valence electrons. The predicted molar refractivity (Wildman–Crippen MR) is 64.2 cm³/mol. The fraction of sp³-hybridized carbons (Fsp3) is 0.900. The quantitative estimate of drug-likeness (QED) is 0.574. The number of rotatable bonds is 2. The van der Waals surface area contributed by atoms with Crippen LogP contribution in [-0.2, 0) is 4.79 Å². The SMILES string of the molecule is CCCC(=O)N1C2CCC1CN(I)C2. The Labute approximate surface area is 99.3 Å². The predicted octanol–water partition coefficient (Wildman–Crippen LogP) is 1.81. The molecule has 2 heterocycles. The van der Waals surface area contributed by atoms with Crippen molar-refractivity contribution in [2.45, 2.75) is 44.7 Å². The van der Waals surface area contributed by atoms with Crippen molar-refractivity contribution in [2.75, 3.05) is 13.1 Å². The molecule has 2 aliphatic heterocycles. The highest BCUT2D eigenvalue weighted by Gasteiger charge is 2.41. The Morgan fingerprint density at radius 1 is 1.36 bits per heavy atom. The molecular formula is C10H17IN2O. The molecule has 0 aromatic rings. The average Bonchev–Trinajstić information content (AvgIpc) is 2.39. The number of amides is 1. The highest BCUT2D eigenvalue weighted by Crippen LogP contribution is 2.32. The lowest BCUT2D eigenvalue weighted by molar-refractivity contribution is -0.135. The van der Waals surface area contributed by atoms with Gasteiger partial charge in [0.1, 0.15) is 0 Å². The van der Waals surface area contributed by atoms with Crippen molar-refractivity contribution < 1.29 is 4.79 Å². The van der Waals surface area contributed by atoms with E-state index in [2.05, 4.69) is 37.8 Å². The van der Waals surface area contributed by atoms with E-state index in [1.54, 1.807) is 0 Å². The number of carbonyl (C=O) groups excluding carboxylic acids is 1. The normalized spacial score (nSPS) is 32.3. The van der Waals surface area contributed by atoms with Crippen LogP contribution in [0.5, 0.6) is 0 Å². The van der Waals surface area contributed by atoms with Crippen molar-refractivity contribution in [1.82, 2.24) is 8.01 Å². The average molecular weight is 308 g/mol. The maximum Gasteiger partial charge on any atom is 0.223 e. The van der Waals surface area contributed by atoms with Crippen LogP contribution in [0.3, 0.4) is 0 Å². The standard InChI is InChI=1S/C10H17IN2O/c1-2-3-10(14)13-8-4-5-9(13)7-12(11)6-8/h8-9H,2-7H2,1H3. The molecule has 0 radical (unpaired) electrons. The molecular weight excluding hydrogens is 291 g/mol. The summed E-state index contributed by atoms with van der Waals surface area (Å²) in [7, 11) is 0. The van der Waals surface area contributed by atoms with Crippen LogP contribution in [-0.4, -0.2) is 39.1 Å². The second-order valence-electron chi connectivity index (χ2n) is 4.26. The first-order chi connectivity index (χ1) is 6.72. The van der Waals surface area contributed by atoms with Gasteiger partial charge in [0.05, 0.1) is 0 Å². The second kappa shape index (κ2) is 4.35. The van der Waals surface area contributed by atoms with Gasteiger partial charge >= 0.3 is 0 Å². The summed E-state index contributed by atoms with van der Waals surface area (Å²) in [5.74, 6) is 0.379. The minimum atomic E-state index is 0.379. The van der Waals surface area contributed by atoms with Gasteiger partial charge in [-0.05, 0) is 19.3 Å². The van der Waals surface area contributed by atoms with E-state index in [1.165, 1.54) is 12.8 Å². The van der Waals surface area contributed by atoms with Crippen LogP contribution in [0.2, 0.25) is 0 Å². The Morgan fingerprint density at radius 3 is 2.43 bits per heavy atom. The van der Waals surface area contributed by atoms with Gasteiger partial charge in [0.25, 0.3) is 0 Å². The van der Waals surface area contributed by atoms with E-state index >= 15 is 0 Å². The maximum atomic E-state index is 11.9. The van der Waals surface area contributed by atoms with Crippen molar-refractivity contribution in [3.8, 4) is 0 Å². The van der Waals surface area contributed by atoms with Gasteiger partial charge < -0.3 is 4.90 Å². The molecule has 1 amide bonds. The molecule has 2 rings (SSSR count). The summed E-state index contributed by atoms with van der Waals surface area (Å²) in [5.41, 5.74) is 0. The molecule has 0 N–H and O–H groups in total.